The predicted octanol–water partition coefficient (Wildman–Crippen LogP) is 5.10. The van der Waals surface area contributed by atoms with Crippen molar-refractivity contribution < 1.29 is 14.3 Å². The highest BCUT2D eigenvalue weighted by Gasteiger charge is 2.19. The average Bonchev–Trinajstić information content (AvgIpc) is 2.61. The lowest BCUT2D eigenvalue weighted by Crippen LogP contribution is -2.18. The number of hydrogen-bond acceptors (Lipinski definition) is 3. The first kappa shape index (κ1) is 17.1. The van der Waals surface area contributed by atoms with E-state index in [0.29, 0.717) is 5.56 Å². The lowest BCUT2D eigenvalue weighted by atomic mass is 9.99. The van der Waals surface area contributed by atoms with Crippen molar-refractivity contribution >= 4 is 5.97 Å². The zero-order valence-electron chi connectivity index (χ0n) is 14.0. The fourth-order valence-corrected chi connectivity index (χ4v) is 2.65. The maximum atomic E-state index is 12.6. The van der Waals surface area contributed by atoms with Crippen LogP contribution in [0.4, 0.5) is 0 Å². The van der Waals surface area contributed by atoms with Gasteiger partial charge in [-0.25, -0.2) is 4.79 Å². The molecule has 1 atom stereocenters. The molecule has 2 aromatic rings. The fourth-order valence-electron chi connectivity index (χ4n) is 2.65. The van der Waals surface area contributed by atoms with Crippen LogP contribution in [0.3, 0.4) is 0 Å². The SMILES string of the molecule is CCCC(CC)OC(=O)c1ccccc1-c1ccccc1OC. The van der Waals surface area contributed by atoms with E-state index in [1.54, 1.807) is 7.11 Å². The van der Waals surface area contributed by atoms with E-state index in [-0.39, 0.29) is 12.1 Å². The molecule has 0 aliphatic rings. The Morgan fingerprint density at radius 1 is 1.00 bits per heavy atom. The Balaban J connectivity index is 2.36. The van der Waals surface area contributed by atoms with Gasteiger partial charge in [-0.05, 0) is 30.5 Å². The Morgan fingerprint density at radius 3 is 2.30 bits per heavy atom. The van der Waals surface area contributed by atoms with Crippen molar-refractivity contribution in [3.63, 3.8) is 0 Å². The molecular weight excluding hydrogens is 288 g/mol. The molecule has 0 bridgehead atoms. The Bertz CT molecular complexity index is 649. The molecule has 0 aliphatic carbocycles. The van der Waals surface area contributed by atoms with Crippen LogP contribution < -0.4 is 4.74 Å². The minimum atomic E-state index is -0.271. The number of carbonyl (C=O) groups is 1. The second-order valence-corrected chi connectivity index (χ2v) is 5.47. The van der Waals surface area contributed by atoms with Crippen LogP contribution in [-0.4, -0.2) is 19.2 Å². The highest BCUT2D eigenvalue weighted by atomic mass is 16.5. The summed E-state index contributed by atoms with van der Waals surface area (Å²) in [6.07, 6.45) is 2.69. The van der Waals surface area contributed by atoms with Crippen molar-refractivity contribution in [3.05, 3.63) is 54.1 Å². The van der Waals surface area contributed by atoms with Gasteiger partial charge >= 0.3 is 5.97 Å². The smallest absolute Gasteiger partial charge is 0.339 e. The Hall–Kier alpha value is -2.29. The van der Waals surface area contributed by atoms with Crippen LogP contribution in [-0.2, 0) is 4.74 Å². The standard InChI is InChI=1S/C20H24O3/c1-4-10-15(5-2)23-20(21)18-13-7-6-11-16(18)17-12-8-9-14-19(17)22-3/h6-9,11-15H,4-5,10H2,1-3H3. The van der Waals surface area contributed by atoms with Crippen LogP contribution in [0, 0.1) is 0 Å². The van der Waals surface area contributed by atoms with Crippen molar-refractivity contribution in [2.75, 3.05) is 7.11 Å². The van der Waals surface area contributed by atoms with Gasteiger partial charge in [-0.3, -0.25) is 0 Å². The first-order chi connectivity index (χ1) is 11.2. The molecule has 0 heterocycles. The number of benzene rings is 2. The third kappa shape index (κ3) is 4.13. The quantitative estimate of drug-likeness (QED) is 0.667. The maximum Gasteiger partial charge on any atom is 0.339 e. The van der Waals surface area contributed by atoms with Crippen molar-refractivity contribution in [1.29, 1.82) is 0 Å². The number of carbonyl (C=O) groups excluding carboxylic acids is 1. The maximum absolute atomic E-state index is 12.6. The van der Waals surface area contributed by atoms with Gasteiger partial charge in [0, 0.05) is 5.56 Å². The highest BCUT2D eigenvalue weighted by Crippen LogP contribution is 2.32. The van der Waals surface area contributed by atoms with Gasteiger partial charge in [-0.1, -0.05) is 56.7 Å². The molecule has 23 heavy (non-hydrogen) atoms. The van der Waals surface area contributed by atoms with Gasteiger partial charge in [0.1, 0.15) is 11.9 Å². The lowest BCUT2D eigenvalue weighted by molar-refractivity contribution is 0.0272. The van der Waals surface area contributed by atoms with E-state index >= 15 is 0 Å². The molecule has 2 aromatic carbocycles. The monoisotopic (exact) mass is 312 g/mol. The number of para-hydroxylation sites is 1. The first-order valence-corrected chi connectivity index (χ1v) is 8.14. The molecule has 2 rings (SSSR count). The predicted molar refractivity (Wildman–Crippen MR) is 92.8 cm³/mol. The zero-order valence-corrected chi connectivity index (χ0v) is 14.0. The van der Waals surface area contributed by atoms with Gasteiger partial charge in [0.25, 0.3) is 0 Å². The molecule has 0 spiro atoms. The summed E-state index contributed by atoms with van der Waals surface area (Å²) < 4.78 is 11.1. The van der Waals surface area contributed by atoms with Crippen molar-refractivity contribution in [3.8, 4) is 16.9 Å². The number of rotatable bonds is 7. The first-order valence-electron chi connectivity index (χ1n) is 8.14. The van der Waals surface area contributed by atoms with Gasteiger partial charge in [0.15, 0.2) is 0 Å². The normalized spacial score (nSPS) is 11.8. The number of hydrogen-bond donors (Lipinski definition) is 0. The molecule has 3 heteroatoms. The van der Waals surface area contributed by atoms with E-state index in [1.165, 1.54) is 0 Å². The molecule has 0 fully saturated rings. The van der Waals surface area contributed by atoms with Crippen LogP contribution in [0.1, 0.15) is 43.5 Å². The van der Waals surface area contributed by atoms with E-state index in [0.717, 1.165) is 36.1 Å². The van der Waals surface area contributed by atoms with Crippen molar-refractivity contribution in [2.24, 2.45) is 0 Å². The van der Waals surface area contributed by atoms with E-state index in [9.17, 15) is 4.79 Å². The van der Waals surface area contributed by atoms with Crippen molar-refractivity contribution in [1.82, 2.24) is 0 Å². The van der Waals surface area contributed by atoms with E-state index in [2.05, 4.69) is 6.92 Å². The number of esters is 1. The number of ether oxygens (including phenoxy) is 2. The molecule has 0 amide bonds. The Morgan fingerprint density at radius 2 is 1.65 bits per heavy atom. The molecule has 1 unspecified atom stereocenters. The summed E-state index contributed by atoms with van der Waals surface area (Å²) >= 11 is 0. The van der Waals surface area contributed by atoms with Gasteiger partial charge in [0.2, 0.25) is 0 Å². The van der Waals surface area contributed by atoms with Gasteiger partial charge in [0.05, 0.1) is 12.7 Å². The second kappa shape index (κ2) is 8.37. The summed E-state index contributed by atoms with van der Waals surface area (Å²) in [5, 5.41) is 0. The number of methoxy groups -OCH3 is 1. The van der Waals surface area contributed by atoms with Gasteiger partial charge in [-0.2, -0.15) is 0 Å². The average molecular weight is 312 g/mol. The van der Waals surface area contributed by atoms with E-state index < -0.39 is 0 Å². The van der Waals surface area contributed by atoms with E-state index in [1.807, 2.05) is 55.5 Å². The van der Waals surface area contributed by atoms with Crippen LogP contribution in [0.2, 0.25) is 0 Å². The fraction of sp³-hybridized carbons (Fsp3) is 0.350. The zero-order chi connectivity index (χ0) is 16.7. The highest BCUT2D eigenvalue weighted by molar-refractivity contribution is 5.98. The minimum Gasteiger partial charge on any atom is -0.496 e. The Kier molecular flexibility index (Phi) is 6.21. The molecule has 0 N–H and O–H groups in total. The van der Waals surface area contributed by atoms with Crippen molar-refractivity contribution in [2.45, 2.75) is 39.2 Å². The molecular formula is C20H24O3. The third-order valence-corrected chi connectivity index (χ3v) is 3.88. The molecule has 0 saturated carbocycles. The molecule has 0 aromatic heterocycles. The van der Waals surface area contributed by atoms with Crippen LogP contribution in [0.5, 0.6) is 5.75 Å². The summed E-state index contributed by atoms with van der Waals surface area (Å²) in [7, 11) is 1.63. The van der Waals surface area contributed by atoms with Crippen LogP contribution in [0.15, 0.2) is 48.5 Å². The Labute approximate surface area is 138 Å². The van der Waals surface area contributed by atoms with Crippen LogP contribution in [0.25, 0.3) is 11.1 Å². The minimum absolute atomic E-state index is 0.0294. The lowest BCUT2D eigenvalue weighted by Gasteiger charge is -2.17. The summed E-state index contributed by atoms with van der Waals surface area (Å²) in [6, 6.07) is 15.2. The third-order valence-electron chi connectivity index (χ3n) is 3.88. The summed E-state index contributed by atoms with van der Waals surface area (Å²) in [5.41, 5.74) is 2.30. The second-order valence-electron chi connectivity index (χ2n) is 5.47. The molecule has 3 nitrogen and oxygen atoms in total. The van der Waals surface area contributed by atoms with Gasteiger partial charge in [-0.15, -0.1) is 0 Å². The largest absolute Gasteiger partial charge is 0.496 e. The van der Waals surface area contributed by atoms with E-state index in [4.69, 9.17) is 9.47 Å². The molecule has 0 aliphatic heterocycles. The van der Waals surface area contributed by atoms with Crippen LogP contribution >= 0.6 is 0 Å². The molecule has 0 saturated heterocycles. The summed E-state index contributed by atoms with van der Waals surface area (Å²) in [6.45, 7) is 4.14. The molecule has 0 radical (unpaired) electrons. The summed E-state index contributed by atoms with van der Waals surface area (Å²) in [4.78, 5) is 12.6. The summed E-state index contributed by atoms with van der Waals surface area (Å²) in [5.74, 6) is 0.472. The van der Waals surface area contributed by atoms with Gasteiger partial charge < -0.3 is 9.47 Å². The topological polar surface area (TPSA) is 35.5 Å². The molecule has 122 valence electrons.